The second kappa shape index (κ2) is 26.8. The molecule has 0 saturated heterocycles. The molecule has 0 N–H and O–H groups in total. The van der Waals surface area contributed by atoms with Crippen LogP contribution in [0.15, 0.2) is 0 Å². The predicted octanol–water partition coefficient (Wildman–Crippen LogP) is 3.57. The Balaban J connectivity index is 4.02. The summed E-state index contributed by atoms with van der Waals surface area (Å²) in [5.74, 6) is 0. The van der Waals surface area contributed by atoms with E-state index in [2.05, 4.69) is 0 Å². The monoisotopic (exact) mass is 626 g/mol. The summed E-state index contributed by atoms with van der Waals surface area (Å²) >= 11 is 0. The minimum atomic E-state index is -0.863. The first-order valence-electron chi connectivity index (χ1n) is 15.5. The lowest BCUT2D eigenvalue weighted by atomic mass is 10.2. The second-order valence-electron chi connectivity index (χ2n) is 12.5. The third kappa shape index (κ3) is 37.7. The molecule has 0 aromatic rings. The molecule has 0 unspecified atom stereocenters. The number of rotatable bonds is 30. The maximum absolute atomic E-state index is 5.70. The van der Waals surface area contributed by atoms with Gasteiger partial charge >= 0.3 is 7.32 Å². The van der Waals surface area contributed by atoms with Crippen LogP contribution in [0.4, 0.5) is 0 Å². The van der Waals surface area contributed by atoms with Gasteiger partial charge in [0.05, 0.1) is 136 Å². The molecule has 0 heterocycles. The summed E-state index contributed by atoms with van der Waals surface area (Å²) in [5.41, 5.74) is -0.494. The molecule has 0 aromatic carbocycles. The van der Waals surface area contributed by atoms with Gasteiger partial charge in [-0.05, 0) is 62.3 Å². The molecule has 0 bridgehead atoms. The van der Waals surface area contributed by atoms with E-state index in [4.69, 9.17) is 56.6 Å². The Bertz CT molecular complexity index is 512. The van der Waals surface area contributed by atoms with Crippen molar-refractivity contribution in [1.29, 1.82) is 0 Å². The highest BCUT2D eigenvalue weighted by atomic mass is 16.7. The van der Waals surface area contributed by atoms with Crippen molar-refractivity contribution in [1.82, 2.24) is 0 Å². The van der Waals surface area contributed by atoms with Crippen LogP contribution in [0.5, 0.6) is 0 Å². The summed E-state index contributed by atoms with van der Waals surface area (Å²) < 4.78 is 67.2. The van der Waals surface area contributed by atoms with Gasteiger partial charge in [0.1, 0.15) is 0 Å². The summed E-state index contributed by atoms with van der Waals surface area (Å²) in [6.45, 7) is 26.2. The first-order valence-corrected chi connectivity index (χ1v) is 15.5. The van der Waals surface area contributed by atoms with Gasteiger partial charge in [-0.15, -0.1) is 0 Å². The van der Waals surface area contributed by atoms with E-state index in [1.165, 1.54) is 0 Å². The van der Waals surface area contributed by atoms with Crippen LogP contribution in [-0.2, 0) is 56.6 Å². The Kier molecular flexibility index (Phi) is 26.5. The van der Waals surface area contributed by atoms with Crippen molar-refractivity contribution in [2.45, 2.75) is 79.1 Å². The van der Waals surface area contributed by atoms with Gasteiger partial charge < -0.3 is 56.6 Å². The highest BCUT2D eigenvalue weighted by Gasteiger charge is 2.21. The molecule has 0 radical (unpaired) electrons. The lowest BCUT2D eigenvalue weighted by Gasteiger charge is -2.19. The summed E-state index contributed by atoms with van der Waals surface area (Å²) in [4.78, 5) is 0. The normalized spacial score (nSPS) is 12.8. The third-order valence-corrected chi connectivity index (χ3v) is 4.85. The number of ether oxygens (including phenoxy) is 9. The third-order valence-electron chi connectivity index (χ3n) is 4.85. The molecule has 0 aliphatic carbocycles. The van der Waals surface area contributed by atoms with Crippen LogP contribution < -0.4 is 0 Å². The van der Waals surface area contributed by atoms with Crippen LogP contribution >= 0.6 is 0 Å². The molecule has 0 aliphatic rings. The average Bonchev–Trinajstić information content (AvgIpc) is 2.89. The summed E-state index contributed by atoms with van der Waals surface area (Å²) in [6.07, 6.45) is 0. The number of hydrogen-bond donors (Lipinski definition) is 0. The molecule has 0 amide bonds. The first-order chi connectivity index (χ1) is 20.3. The maximum atomic E-state index is 5.70. The van der Waals surface area contributed by atoms with E-state index in [9.17, 15) is 0 Å². The van der Waals surface area contributed by atoms with Crippen molar-refractivity contribution in [2.75, 3.05) is 119 Å². The van der Waals surface area contributed by atoms with Gasteiger partial charge in [-0.2, -0.15) is 0 Å². The van der Waals surface area contributed by atoms with Crippen molar-refractivity contribution in [2.24, 2.45) is 0 Å². The summed E-state index contributed by atoms with van der Waals surface area (Å²) in [6, 6.07) is 0. The molecule has 0 atom stereocenters. The second-order valence-corrected chi connectivity index (χ2v) is 12.5. The lowest BCUT2D eigenvalue weighted by Crippen LogP contribution is -2.32. The zero-order valence-corrected chi connectivity index (χ0v) is 28.7. The van der Waals surface area contributed by atoms with E-state index in [-0.39, 0.29) is 16.8 Å². The van der Waals surface area contributed by atoms with E-state index in [1.807, 2.05) is 62.3 Å². The van der Waals surface area contributed by atoms with Crippen LogP contribution in [0.25, 0.3) is 0 Å². The zero-order valence-electron chi connectivity index (χ0n) is 28.7. The Hall–Kier alpha value is -0.415. The smallest absolute Gasteiger partial charge is 0.383 e. The molecule has 0 aromatic heterocycles. The Labute approximate surface area is 262 Å². The van der Waals surface area contributed by atoms with Crippen LogP contribution in [0.2, 0.25) is 0 Å². The summed E-state index contributed by atoms with van der Waals surface area (Å²) in [5, 5.41) is 0. The SMILES string of the molecule is CC(C)(C)OCCOCCOCCOB(OCCOCCOCCOC(C)(C)C)OCCOCCOCCOC(C)(C)C. The average molecular weight is 627 g/mol. The molecule has 43 heavy (non-hydrogen) atoms. The van der Waals surface area contributed by atoms with Gasteiger partial charge in [-0.3, -0.25) is 0 Å². The topological polar surface area (TPSA) is 111 Å². The fourth-order valence-electron chi connectivity index (χ4n) is 2.94. The highest BCUT2D eigenvalue weighted by molar-refractivity contribution is 6.36. The molecule has 0 saturated carbocycles. The molecule has 0 rings (SSSR count). The van der Waals surface area contributed by atoms with E-state index >= 15 is 0 Å². The Morgan fingerprint density at radius 2 is 0.465 bits per heavy atom. The van der Waals surface area contributed by atoms with E-state index in [0.29, 0.717) is 119 Å². The van der Waals surface area contributed by atoms with Gasteiger partial charge in [-0.1, -0.05) is 0 Å². The fraction of sp³-hybridized carbons (Fsp3) is 1.00. The molecule has 0 aliphatic heterocycles. The quantitative estimate of drug-likeness (QED) is 0.0859. The standard InChI is InChI=1S/C30H63BO12/c1-28(2,3)38-22-16-32-10-13-35-19-25-41-31(42-26-20-36-14-11-33-17-23-39-29(4,5)6)43-27-21-37-15-12-34-18-24-40-30(7,8)9/h10-27H2,1-9H3. The molecule has 0 fully saturated rings. The van der Waals surface area contributed by atoms with E-state index in [0.717, 1.165) is 0 Å². The van der Waals surface area contributed by atoms with Crippen molar-refractivity contribution >= 4 is 7.32 Å². The summed E-state index contributed by atoms with van der Waals surface area (Å²) in [7, 11) is -0.863. The first kappa shape index (κ1) is 42.6. The van der Waals surface area contributed by atoms with Crippen molar-refractivity contribution in [3.8, 4) is 0 Å². The Morgan fingerprint density at radius 3 is 0.674 bits per heavy atom. The van der Waals surface area contributed by atoms with Gasteiger partial charge in [0.2, 0.25) is 0 Å². The Morgan fingerprint density at radius 1 is 0.279 bits per heavy atom. The van der Waals surface area contributed by atoms with Gasteiger partial charge in [0.15, 0.2) is 0 Å². The van der Waals surface area contributed by atoms with Crippen LogP contribution in [0.1, 0.15) is 62.3 Å². The van der Waals surface area contributed by atoms with Gasteiger partial charge in [0, 0.05) is 0 Å². The maximum Gasteiger partial charge on any atom is 0.639 e. The minimum absolute atomic E-state index is 0.165. The lowest BCUT2D eigenvalue weighted by molar-refractivity contribution is -0.0468. The fourth-order valence-corrected chi connectivity index (χ4v) is 2.94. The van der Waals surface area contributed by atoms with Gasteiger partial charge in [-0.25, -0.2) is 0 Å². The molecule has 13 heteroatoms. The predicted molar refractivity (Wildman–Crippen MR) is 166 cm³/mol. The zero-order chi connectivity index (χ0) is 32.3. The van der Waals surface area contributed by atoms with Crippen LogP contribution in [0, 0.1) is 0 Å². The van der Waals surface area contributed by atoms with Crippen molar-refractivity contribution in [3.05, 3.63) is 0 Å². The molecular formula is C30H63BO12. The van der Waals surface area contributed by atoms with E-state index < -0.39 is 7.32 Å². The molecule has 12 nitrogen and oxygen atoms in total. The highest BCUT2D eigenvalue weighted by Crippen LogP contribution is 2.07. The van der Waals surface area contributed by atoms with Crippen molar-refractivity contribution < 1.29 is 56.6 Å². The number of hydrogen-bond acceptors (Lipinski definition) is 12. The van der Waals surface area contributed by atoms with Gasteiger partial charge in [0.25, 0.3) is 0 Å². The van der Waals surface area contributed by atoms with Crippen LogP contribution in [-0.4, -0.2) is 143 Å². The molecule has 0 spiro atoms. The van der Waals surface area contributed by atoms with E-state index in [1.54, 1.807) is 0 Å². The van der Waals surface area contributed by atoms with Crippen LogP contribution in [0.3, 0.4) is 0 Å². The molecular weight excluding hydrogens is 563 g/mol. The largest absolute Gasteiger partial charge is 0.639 e. The van der Waals surface area contributed by atoms with Crippen molar-refractivity contribution in [3.63, 3.8) is 0 Å². The minimum Gasteiger partial charge on any atom is -0.383 e. The molecule has 258 valence electrons.